The zero-order valence-electron chi connectivity index (χ0n) is 35.0. The zero-order chi connectivity index (χ0) is 47.8. The van der Waals surface area contributed by atoms with Crippen LogP contribution in [0.2, 0.25) is 0 Å². The van der Waals surface area contributed by atoms with Crippen molar-refractivity contribution >= 4 is 5.97 Å². The SMILES string of the molecule is CCOC(=O)c1ccc(OC2C(F)C(F)C(F)C3C4NC5NC(NC6C7C(F)C(F)C(F)C(F)C7C(NC7NC(NC(N4)C23)C2CC(F)C(F)C(F)C72)N6F)C2C(F)C(F)C(F)C(F)C52)cc1. The monoisotopic (exact) mass is 986 g/mol. The fourth-order valence-corrected chi connectivity index (χ4v) is 13.0. The average Bonchev–Trinajstić information content (AvgIpc) is 4.03. The molecule has 31 atom stereocenters. The lowest BCUT2D eigenvalue weighted by molar-refractivity contribution is -0.103. The number of alkyl halides is 14. The van der Waals surface area contributed by atoms with Gasteiger partial charge >= 0.3 is 5.97 Å². The normalized spacial score (nSPS) is 56.1. The van der Waals surface area contributed by atoms with E-state index in [2.05, 4.69) is 37.2 Å². The molecule has 26 heteroatoms. The van der Waals surface area contributed by atoms with Gasteiger partial charge in [0.1, 0.15) is 55.1 Å². The number of ether oxygens (including phenoxy) is 2. The van der Waals surface area contributed by atoms with Gasteiger partial charge in [-0.15, -0.1) is 9.60 Å². The van der Waals surface area contributed by atoms with Crippen LogP contribution < -0.4 is 42.0 Å². The topological polar surface area (TPSA) is 123 Å². The molecule has 8 bridgehead atoms. The minimum atomic E-state index is -3.19. The van der Waals surface area contributed by atoms with Crippen molar-refractivity contribution in [2.45, 2.75) is 155 Å². The maximum absolute atomic E-state index is 17.0. The van der Waals surface area contributed by atoms with Crippen LogP contribution in [0.1, 0.15) is 23.7 Å². The summed E-state index contributed by atoms with van der Waals surface area (Å²) < 4.78 is 249. The molecule has 31 unspecified atom stereocenters. The van der Waals surface area contributed by atoms with Gasteiger partial charge in [0, 0.05) is 41.4 Å². The summed E-state index contributed by atoms with van der Waals surface area (Å²) in [6, 6.07) is 4.92. The molecule has 5 saturated heterocycles. The molecule has 9 fully saturated rings. The summed E-state index contributed by atoms with van der Waals surface area (Å²) >= 11 is 0. The summed E-state index contributed by atoms with van der Waals surface area (Å²) in [5, 5.41) is 18.8. The highest BCUT2D eigenvalue weighted by Crippen LogP contribution is 2.52. The number of nitrogens with zero attached hydrogens (tertiary/aromatic N) is 1. The molecule has 0 amide bonds. The number of halogens is 15. The Hall–Kier alpha value is -2.88. The van der Waals surface area contributed by atoms with Crippen molar-refractivity contribution in [1.82, 2.24) is 42.3 Å². The van der Waals surface area contributed by atoms with E-state index in [9.17, 15) is 4.79 Å². The number of benzene rings is 1. The maximum atomic E-state index is 17.0. The summed E-state index contributed by atoms with van der Waals surface area (Å²) in [5.74, 6) is -15.8. The second-order valence-electron chi connectivity index (χ2n) is 19.3. The quantitative estimate of drug-likeness (QED) is 0.136. The van der Waals surface area contributed by atoms with E-state index in [1.165, 1.54) is 24.3 Å². The van der Waals surface area contributed by atoms with Gasteiger partial charge in [0.2, 0.25) is 0 Å². The van der Waals surface area contributed by atoms with Crippen LogP contribution in [0.5, 0.6) is 5.75 Å². The second-order valence-corrected chi connectivity index (χ2v) is 19.3. The van der Waals surface area contributed by atoms with Gasteiger partial charge < -0.3 is 9.47 Å². The highest BCUT2D eigenvalue weighted by atomic mass is 19.2. The van der Waals surface area contributed by atoms with Crippen molar-refractivity contribution in [2.75, 3.05) is 6.61 Å². The minimum absolute atomic E-state index is 0.0275. The molecule has 9 aliphatic rings. The van der Waals surface area contributed by atoms with Crippen LogP contribution in [0.15, 0.2) is 24.3 Å². The Morgan fingerprint density at radius 3 is 1.37 bits per heavy atom. The first-order chi connectivity index (χ1) is 31.8. The summed E-state index contributed by atoms with van der Waals surface area (Å²) in [4.78, 5) is 12.3. The third-order valence-corrected chi connectivity index (χ3v) is 16.1. The Labute approximate surface area is 373 Å². The van der Waals surface area contributed by atoms with E-state index in [1.807, 2.05) is 0 Å². The Bertz CT molecular complexity index is 1970. The number of carbonyl (C=O) groups is 1. The lowest BCUT2D eigenvalue weighted by Gasteiger charge is -2.44. The Morgan fingerprint density at radius 1 is 0.493 bits per heavy atom. The molecule has 67 heavy (non-hydrogen) atoms. The third-order valence-electron chi connectivity index (χ3n) is 16.1. The molecule has 4 saturated carbocycles. The molecule has 0 radical (unpaired) electrons. The first-order valence-electron chi connectivity index (χ1n) is 22.5. The standard InChI is InChI=1S/C41H49F15N8O3/c1-2-66-41(65)8-3-5-9(6-4-8)67-32-18-15(23(47)30(54)31(32)55)36-59-35-13-14(22(46)27(51)26(50)21(13)45)37(60-35)63-40-17-16(24(48)28(52)29(53)25(17)49)39(64(40)56)62-34-12-10(7-11(42)19(43)20(12)44)33(57-34)58-38(18)61-36/h3-6,10-40,57-63H,2,7H2,1H3. The van der Waals surface area contributed by atoms with Crippen LogP contribution in [0.3, 0.4) is 0 Å². The predicted octanol–water partition coefficient (Wildman–Crippen LogP) is 3.71. The molecule has 10 rings (SSSR count). The van der Waals surface area contributed by atoms with Gasteiger partial charge in [0.05, 0.1) is 61.5 Å². The van der Waals surface area contributed by atoms with E-state index in [4.69, 9.17) is 9.47 Å². The molecular formula is C41H49F15N8O3. The van der Waals surface area contributed by atoms with Crippen molar-refractivity contribution in [3.63, 3.8) is 0 Å². The van der Waals surface area contributed by atoms with E-state index in [1.54, 1.807) is 6.92 Å². The molecule has 11 nitrogen and oxygen atoms in total. The molecule has 1 aromatic rings. The minimum Gasteiger partial charge on any atom is -0.487 e. The predicted molar refractivity (Wildman–Crippen MR) is 203 cm³/mol. The number of esters is 1. The van der Waals surface area contributed by atoms with Crippen molar-refractivity contribution in [3.8, 4) is 5.75 Å². The Kier molecular flexibility index (Phi) is 12.7. The Morgan fingerprint density at radius 2 is 0.881 bits per heavy atom. The fraction of sp³-hybridized carbons (Fsp3) is 0.829. The van der Waals surface area contributed by atoms with Crippen molar-refractivity contribution < 1.29 is 80.2 Å². The third kappa shape index (κ3) is 7.43. The van der Waals surface area contributed by atoms with Crippen LogP contribution in [-0.2, 0) is 4.74 Å². The molecule has 1 aromatic carbocycles. The number of hydrogen-bond donors (Lipinski definition) is 7. The number of fused-ring (bicyclic) bond motifs is 20. The van der Waals surface area contributed by atoms with Crippen LogP contribution in [0.4, 0.5) is 65.9 Å². The van der Waals surface area contributed by atoms with E-state index >= 15 is 65.9 Å². The number of rotatable bonds is 4. The van der Waals surface area contributed by atoms with Crippen molar-refractivity contribution in [3.05, 3.63) is 29.8 Å². The first kappa shape index (κ1) is 47.8. The smallest absolute Gasteiger partial charge is 0.338 e. The lowest BCUT2D eigenvalue weighted by atomic mass is 9.72. The van der Waals surface area contributed by atoms with Gasteiger partial charge in [0.25, 0.3) is 0 Å². The lowest BCUT2D eigenvalue weighted by Crippen LogP contribution is -2.63. The number of carbonyl (C=O) groups excluding carboxylic acids is 1. The van der Waals surface area contributed by atoms with E-state index < -0.39 is 202 Å². The molecule has 0 aromatic heterocycles. The number of nitrogens with one attached hydrogen (secondary N) is 7. The van der Waals surface area contributed by atoms with Crippen LogP contribution in [0.25, 0.3) is 0 Å². The summed E-state index contributed by atoms with van der Waals surface area (Å²) in [7, 11) is 0. The maximum Gasteiger partial charge on any atom is 0.338 e. The van der Waals surface area contributed by atoms with E-state index in [-0.39, 0.29) is 23.0 Å². The second kappa shape index (κ2) is 17.8. The molecule has 5 heterocycles. The van der Waals surface area contributed by atoms with E-state index in [0.717, 1.165) is 0 Å². The van der Waals surface area contributed by atoms with Gasteiger partial charge in [-0.1, -0.05) is 0 Å². The fourth-order valence-electron chi connectivity index (χ4n) is 13.0. The van der Waals surface area contributed by atoms with Crippen LogP contribution in [0, 0.1) is 47.3 Å². The summed E-state index contributed by atoms with van der Waals surface area (Å²) in [5.41, 5.74) is 0.0419. The van der Waals surface area contributed by atoms with Crippen LogP contribution in [-0.4, -0.2) is 160 Å². The van der Waals surface area contributed by atoms with Crippen molar-refractivity contribution in [2.24, 2.45) is 47.3 Å². The average molecular weight is 987 g/mol. The Balaban J connectivity index is 1.08. The summed E-state index contributed by atoms with van der Waals surface area (Å²) in [6.07, 6.45) is -58.2. The largest absolute Gasteiger partial charge is 0.487 e. The van der Waals surface area contributed by atoms with Gasteiger partial charge in [-0.25, -0.2) is 66.3 Å². The molecular weight excluding hydrogens is 937 g/mol. The molecule has 7 N–H and O–H groups in total. The van der Waals surface area contributed by atoms with Gasteiger partial charge in [-0.05, 0) is 43.5 Å². The molecule has 4 aliphatic carbocycles. The highest BCUT2D eigenvalue weighted by Gasteiger charge is 2.70. The van der Waals surface area contributed by atoms with E-state index in [0.29, 0.717) is 0 Å². The number of hydrogen-bond acceptors (Lipinski definition) is 11. The van der Waals surface area contributed by atoms with Crippen molar-refractivity contribution in [1.29, 1.82) is 0 Å². The zero-order valence-corrected chi connectivity index (χ0v) is 35.0. The van der Waals surface area contributed by atoms with Gasteiger partial charge in [-0.3, -0.25) is 37.2 Å². The van der Waals surface area contributed by atoms with Crippen LogP contribution >= 0.6 is 0 Å². The highest BCUT2D eigenvalue weighted by molar-refractivity contribution is 5.89. The molecule has 376 valence electrons. The van der Waals surface area contributed by atoms with Gasteiger partial charge in [0.15, 0.2) is 43.2 Å². The summed E-state index contributed by atoms with van der Waals surface area (Å²) in [6.45, 7) is 1.59. The molecule has 5 aliphatic heterocycles. The molecule has 0 spiro atoms. The first-order valence-corrected chi connectivity index (χ1v) is 22.5. The van der Waals surface area contributed by atoms with Gasteiger partial charge in [-0.2, -0.15) is 0 Å².